The molecular formula is C31H34N4O3. The Labute approximate surface area is 224 Å². The number of amidine groups is 1. The number of rotatable bonds is 6. The van der Waals surface area contributed by atoms with Crippen LogP contribution in [0.2, 0.25) is 0 Å². The third-order valence-electron chi connectivity index (χ3n) is 5.50. The number of carbonyl (C=O) groups is 2. The normalized spacial score (nSPS) is 10.6. The van der Waals surface area contributed by atoms with Gasteiger partial charge in [-0.05, 0) is 75.2 Å². The predicted molar refractivity (Wildman–Crippen MR) is 151 cm³/mol. The number of anilines is 1. The number of nitrogens with one attached hydrogen (secondary N) is 3. The van der Waals surface area contributed by atoms with Gasteiger partial charge in [0.2, 0.25) is 0 Å². The van der Waals surface area contributed by atoms with E-state index in [1.165, 1.54) is 0 Å². The summed E-state index contributed by atoms with van der Waals surface area (Å²) in [7, 11) is 1.80. The lowest BCUT2D eigenvalue weighted by Gasteiger charge is -2.19. The van der Waals surface area contributed by atoms with Crippen LogP contribution in [0.4, 0.5) is 10.5 Å². The van der Waals surface area contributed by atoms with Gasteiger partial charge in [-0.3, -0.25) is 15.5 Å². The molecule has 2 amide bonds. The minimum atomic E-state index is -0.663. The standard InChI is InChI=1S/C31H34N4O3/c1-22-13-14-26(29(36)35(5)21-23-10-7-6-8-11-23)20-25(22)12-9-19-33-27-17-15-24(16-18-27)28(32)34-30(37)38-31(2,3)4/h6-8,10-11,13-18,20,33H,19,21H2,1-5H3,(H2,32,34,37). The molecule has 3 aromatic carbocycles. The average molecular weight is 511 g/mol. The number of nitrogens with zero attached hydrogens (tertiary/aromatic N) is 1. The summed E-state index contributed by atoms with van der Waals surface area (Å²) in [5.74, 6) is 6.18. The van der Waals surface area contributed by atoms with Gasteiger partial charge < -0.3 is 15.0 Å². The van der Waals surface area contributed by atoms with Crippen LogP contribution in [0.1, 0.15) is 53.4 Å². The summed E-state index contributed by atoms with van der Waals surface area (Å²) >= 11 is 0. The number of ether oxygens (including phenoxy) is 1. The molecule has 0 aromatic heterocycles. The van der Waals surface area contributed by atoms with Crippen LogP contribution in [0.15, 0.2) is 72.8 Å². The Morgan fingerprint density at radius 1 is 0.974 bits per heavy atom. The molecule has 3 aromatic rings. The van der Waals surface area contributed by atoms with Gasteiger partial charge in [-0.2, -0.15) is 0 Å². The average Bonchev–Trinajstić information content (AvgIpc) is 2.87. The van der Waals surface area contributed by atoms with Crippen molar-refractivity contribution >= 4 is 23.5 Å². The SMILES string of the molecule is Cc1ccc(C(=O)N(C)Cc2ccccc2)cc1C#CCNc1ccc(C(=N)NC(=O)OC(C)(C)C)cc1. The summed E-state index contributed by atoms with van der Waals surface area (Å²) in [6.07, 6.45) is -0.663. The third-order valence-corrected chi connectivity index (χ3v) is 5.50. The second kappa shape index (κ2) is 12.6. The van der Waals surface area contributed by atoms with Gasteiger partial charge >= 0.3 is 6.09 Å². The topological polar surface area (TPSA) is 94.5 Å². The van der Waals surface area contributed by atoms with Crippen LogP contribution in [0.25, 0.3) is 0 Å². The molecule has 196 valence electrons. The summed E-state index contributed by atoms with van der Waals surface area (Å²) in [5.41, 5.74) is 4.24. The van der Waals surface area contributed by atoms with E-state index in [1.807, 2.05) is 67.6 Å². The quantitative estimate of drug-likeness (QED) is 0.229. The molecule has 7 heteroatoms. The predicted octanol–water partition coefficient (Wildman–Crippen LogP) is 5.58. The Bertz CT molecular complexity index is 1350. The Hall–Kier alpha value is -4.57. The number of benzene rings is 3. The first kappa shape index (κ1) is 28.0. The Morgan fingerprint density at radius 2 is 1.63 bits per heavy atom. The highest BCUT2D eigenvalue weighted by Gasteiger charge is 2.17. The van der Waals surface area contributed by atoms with E-state index < -0.39 is 11.7 Å². The molecule has 0 unspecified atom stereocenters. The van der Waals surface area contributed by atoms with Gasteiger partial charge in [-0.1, -0.05) is 48.2 Å². The molecule has 0 radical (unpaired) electrons. The summed E-state index contributed by atoms with van der Waals surface area (Å²) in [6, 6.07) is 22.6. The highest BCUT2D eigenvalue weighted by molar-refractivity contribution is 6.04. The number of carbonyl (C=O) groups excluding carboxylic acids is 2. The molecule has 0 saturated heterocycles. The van der Waals surface area contributed by atoms with Crippen LogP contribution >= 0.6 is 0 Å². The molecule has 0 aliphatic heterocycles. The number of hydrogen-bond acceptors (Lipinski definition) is 5. The summed E-state index contributed by atoms with van der Waals surface area (Å²) in [6.45, 7) is 8.21. The molecule has 7 nitrogen and oxygen atoms in total. The number of hydrogen-bond donors (Lipinski definition) is 3. The zero-order chi connectivity index (χ0) is 27.7. The minimum absolute atomic E-state index is 0.0371. The lowest BCUT2D eigenvalue weighted by Crippen LogP contribution is -2.36. The zero-order valence-electron chi connectivity index (χ0n) is 22.5. The Morgan fingerprint density at radius 3 is 2.29 bits per heavy atom. The fraction of sp³-hybridized carbons (Fsp3) is 0.258. The van der Waals surface area contributed by atoms with E-state index >= 15 is 0 Å². The van der Waals surface area contributed by atoms with Crippen LogP contribution in [-0.4, -0.2) is 41.9 Å². The van der Waals surface area contributed by atoms with Crippen molar-refractivity contribution < 1.29 is 14.3 Å². The minimum Gasteiger partial charge on any atom is -0.444 e. The lowest BCUT2D eigenvalue weighted by molar-refractivity contribution is 0.0562. The van der Waals surface area contributed by atoms with Crippen LogP contribution in [-0.2, 0) is 11.3 Å². The van der Waals surface area contributed by atoms with Gasteiger partial charge in [-0.15, -0.1) is 0 Å². The summed E-state index contributed by atoms with van der Waals surface area (Å²) < 4.78 is 5.18. The van der Waals surface area contributed by atoms with E-state index in [-0.39, 0.29) is 11.7 Å². The van der Waals surface area contributed by atoms with E-state index in [2.05, 4.69) is 22.5 Å². The van der Waals surface area contributed by atoms with Crippen molar-refractivity contribution in [2.45, 2.75) is 39.8 Å². The van der Waals surface area contributed by atoms with Crippen molar-refractivity contribution in [3.05, 3.63) is 101 Å². The summed E-state index contributed by atoms with van der Waals surface area (Å²) in [5, 5.41) is 13.7. The van der Waals surface area contributed by atoms with Gasteiger partial charge in [0.05, 0.1) is 6.54 Å². The molecule has 0 aliphatic rings. The van der Waals surface area contributed by atoms with Crippen molar-refractivity contribution in [1.29, 1.82) is 5.41 Å². The fourth-order valence-electron chi connectivity index (χ4n) is 3.56. The van der Waals surface area contributed by atoms with Gasteiger partial charge in [0.25, 0.3) is 5.91 Å². The first-order chi connectivity index (χ1) is 18.0. The van der Waals surface area contributed by atoms with E-state index in [0.717, 1.165) is 22.4 Å². The van der Waals surface area contributed by atoms with E-state index in [4.69, 9.17) is 10.1 Å². The molecule has 0 fully saturated rings. The Balaban J connectivity index is 1.56. The fourth-order valence-corrected chi connectivity index (χ4v) is 3.56. The van der Waals surface area contributed by atoms with Crippen LogP contribution in [0.5, 0.6) is 0 Å². The van der Waals surface area contributed by atoms with Gasteiger partial charge in [0.1, 0.15) is 11.4 Å². The van der Waals surface area contributed by atoms with Crippen LogP contribution in [0.3, 0.4) is 0 Å². The molecule has 0 atom stereocenters. The highest BCUT2D eigenvalue weighted by atomic mass is 16.6. The van der Waals surface area contributed by atoms with Gasteiger partial charge in [-0.25, -0.2) is 4.79 Å². The van der Waals surface area contributed by atoms with Gasteiger partial charge in [0.15, 0.2) is 0 Å². The summed E-state index contributed by atoms with van der Waals surface area (Å²) in [4.78, 5) is 26.5. The first-order valence-electron chi connectivity index (χ1n) is 12.3. The molecule has 0 bridgehead atoms. The highest BCUT2D eigenvalue weighted by Crippen LogP contribution is 2.14. The van der Waals surface area contributed by atoms with Gasteiger partial charge in [0, 0.05) is 36.0 Å². The smallest absolute Gasteiger partial charge is 0.413 e. The molecule has 3 N–H and O–H groups in total. The molecular weight excluding hydrogens is 476 g/mol. The number of alkyl carbamates (subject to hydrolysis) is 1. The van der Waals surface area contributed by atoms with E-state index in [1.54, 1.807) is 44.9 Å². The second-order valence-electron chi connectivity index (χ2n) is 9.91. The molecule has 3 rings (SSSR count). The number of aryl methyl sites for hydroxylation is 1. The van der Waals surface area contributed by atoms with Crippen LogP contribution < -0.4 is 10.6 Å². The zero-order valence-corrected chi connectivity index (χ0v) is 22.5. The van der Waals surface area contributed by atoms with Crippen LogP contribution in [0, 0.1) is 24.2 Å². The van der Waals surface area contributed by atoms with E-state index in [0.29, 0.717) is 24.2 Å². The Kier molecular flexibility index (Phi) is 9.28. The third kappa shape index (κ3) is 8.52. The molecule has 0 saturated carbocycles. The molecule has 0 heterocycles. The maximum atomic E-state index is 12.9. The van der Waals surface area contributed by atoms with Crippen molar-refractivity contribution in [2.75, 3.05) is 18.9 Å². The molecule has 0 spiro atoms. The lowest BCUT2D eigenvalue weighted by atomic mass is 10.0. The van der Waals surface area contributed by atoms with Crippen molar-refractivity contribution in [3.8, 4) is 11.8 Å². The monoisotopic (exact) mass is 510 g/mol. The largest absolute Gasteiger partial charge is 0.444 e. The maximum Gasteiger partial charge on any atom is 0.413 e. The number of amides is 2. The molecule has 38 heavy (non-hydrogen) atoms. The van der Waals surface area contributed by atoms with E-state index in [9.17, 15) is 9.59 Å². The second-order valence-corrected chi connectivity index (χ2v) is 9.91. The van der Waals surface area contributed by atoms with Crippen molar-refractivity contribution in [3.63, 3.8) is 0 Å². The first-order valence-corrected chi connectivity index (χ1v) is 12.3. The maximum absolute atomic E-state index is 12.9. The van der Waals surface area contributed by atoms with Crippen molar-refractivity contribution in [1.82, 2.24) is 10.2 Å². The van der Waals surface area contributed by atoms with Crippen molar-refractivity contribution in [2.24, 2.45) is 0 Å². The molecule has 0 aliphatic carbocycles.